The Morgan fingerprint density at radius 2 is 1.86 bits per heavy atom. The molecule has 35 heavy (non-hydrogen) atoms. The number of nitrogens with zero attached hydrogens (tertiary/aromatic N) is 1. The predicted octanol–water partition coefficient (Wildman–Crippen LogP) is 4.36. The Hall–Kier alpha value is -3.50. The highest BCUT2D eigenvalue weighted by Crippen LogP contribution is 2.34. The number of hydrogen-bond donors (Lipinski definition) is 1. The minimum absolute atomic E-state index is 0.155. The van der Waals surface area contributed by atoms with Gasteiger partial charge in [0.15, 0.2) is 18.1 Å². The maximum Gasteiger partial charge on any atom is 0.326 e. The Bertz CT molecular complexity index is 1170. The molecule has 0 spiro atoms. The molecule has 1 heterocycles. The monoisotopic (exact) mass is 518 g/mol. The van der Waals surface area contributed by atoms with Gasteiger partial charge in [-0.3, -0.25) is 24.1 Å². The van der Waals surface area contributed by atoms with Gasteiger partial charge in [0, 0.05) is 10.7 Å². The number of ether oxygens (including phenoxy) is 3. The minimum Gasteiger partial charge on any atom is -0.490 e. The van der Waals surface area contributed by atoms with Gasteiger partial charge < -0.3 is 19.5 Å². The van der Waals surface area contributed by atoms with Gasteiger partial charge >= 0.3 is 5.97 Å². The third-order valence-electron chi connectivity index (χ3n) is 4.50. The molecule has 0 atom stereocenters. The second-order valence-electron chi connectivity index (χ2n) is 7.06. The van der Waals surface area contributed by atoms with E-state index < -0.39 is 23.7 Å². The molecule has 11 heteroatoms. The predicted molar refractivity (Wildman–Crippen MR) is 132 cm³/mol. The smallest absolute Gasteiger partial charge is 0.326 e. The first-order chi connectivity index (χ1) is 16.8. The normalized spacial score (nSPS) is 14.3. The molecule has 0 bridgehead atoms. The van der Waals surface area contributed by atoms with Crippen molar-refractivity contribution in [2.45, 2.75) is 13.8 Å². The summed E-state index contributed by atoms with van der Waals surface area (Å²) in [5.41, 5.74) is 1.12. The summed E-state index contributed by atoms with van der Waals surface area (Å²) in [5, 5.41) is 2.64. The Morgan fingerprint density at radius 1 is 1.06 bits per heavy atom. The molecule has 0 unspecified atom stereocenters. The highest BCUT2D eigenvalue weighted by molar-refractivity contribution is 8.18. The maximum atomic E-state index is 12.6. The number of carbonyl (C=O) groups is 4. The van der Waals surface area contributed by atoms with E-state index in [4.69, 9.17) is 25.8 Å². The van der Waals surface area contributed by atoms with Crippen LogP contribution in [0, 0.1) is 0 Å². The fourth-order valence-electron chi connectivity index (χ4n) is 3.03. The van der Waals surface area contributed by atoms with Crippen LogP contribution in [0.3, 0.4) is 0 Å². The van der Waals surface area contributed by atoms with Gasteiger partial charge in [0.1, 0.15) is 6.54 Å². The molecule has 0 aliphatic carbocycles. The van der Waals surface area contributed by atoms with E-state index in [1.807, 2.05) is 0 Å². The maximum absolute atomic E-state index is 12.6. The molecule has 9 nitrogen and oxygen atoms in total. The van der Waals surface area contributed by atoms with E-state index in [2.05, 4.69) is 5.32 Å². The number of anilines is 1. The van der Waals surface area contributed by atoms with Crippen LogP contribution in [-0.2, 0) is 19.1 Å². The Kier molecular flexibility index (Phi) is 9.16. The first-order valence-electron chi connectivity index (χ1n) is 10.7. The van der Waals surface area contributed by atoms with Crippen molar-refractivity contribution in [3.8, 4) is 11.5 Å². The first-order valence-corrected chi connectivity index (χ1v) is 11.9. The summed E-state index contributed by atoms with van der Waals surface area (Å²) in [6.07, 6.45) is 1.52. The van der Waals surface area contributed by atoms with E-state index in [-0.39, 0.29) is 24.0 Å². The number of thioether (sulfide) groups is 1. The molecule has 1 aliphatic heterocycles. The van der Waals surface area contributed by atoms with Crippen LogP contribution in [0.15, 0.2) is 47.4 Å². The number of amides is 3. The highest BCUT2D eigenvalue weighted by atomic mass is 35.5. The van der Waals surface area contributed by atoms with Crippen LogP contribution in [0.1, 0.15) is 19.4 Å². The number of carbonyl (C=O) groups excluding carboxylic acids is 4. The van der Waals surface area contributed by atoms with Crippen LogP contribution in [0.5, 0.6) is 11.5 Å². The van der Waals surface area contributed by atoms with Gasteiger partial charge in [-0.2, -0.15) is 0 Å². The lowest BCUT2D eigenvalue weighted by Gasteiger charge is -2.13. The quantitative estimate of drug-likeness (QED) is 0.365. The molecule has 1 fully saturated rings. The lowest BCUT2D eigenvalue weighted by molar-refractivity contribution is -0.146. The molecule has 0 radical (unpaired) electrons. The van der Waals surface area contributed by atoms with Crippen LogP contribution < -0.4 is 14.8 Å². The average molecular weight is 519 g/mol. The minimum atomic E-state index is -0.657. The largest absolute Gasteiger partial charge is 0.490 e. The molecule has 2 aromatic rings. The van der Waals surface area contributed by atoms with Crippen LogP contribution in [0.25, 0.3) is 6.08 Å². The topological polar surface area (TPSA) is 111 Å². The number of benzene rings is 2. The van der Waals surface area contributed by atoms with Crippen LogP contribution >= 0.6 is 23.4 Å². The lowest BCUT2D eigenvalue weighted by Crippen LogP contribution is -2.34. The number of halogens is 1. The van der Waals surface area contributed by atoms with E-state index in [0.29, 0.717) is 34.4 Å². The number of esters is 1. The summed E-state index contributed by atoms with van der Waals surface area (Å²) >= 11 is 6.66. The van der Waals surface area contributed by atoms with Gasteiger partial charge in [-0.15, -0.1) is 0 Å². The zero-order chi connectivity index (χ0) is 25.4. The number of nitrogens with one attached hydrogen (secondary N) is 1. The number of rotatable bonds is 10. The van der Waals surface area contributed by atoms with E-state index in [9.17, 15) is 19.2 Å². The summed E-state index contributed by atoms with van der Waals surface area (Å²) in [4.78, 5) is 49.7. The molecule has 0 aromatic heterocycles. The van der Waals surface area contributed by atoms with Crippen LogP contribution in [-0.4, -0.2) is 54.3 Å². The SMILES string of the molecule is CCOC(=O)CN1C(=O)S/C(=C\c2ccc(OCC(=O)Nc3cccc(Cl)c3)c(OCC)c2)C1=O. The van der Waals surface area contributed by atoms with Gasteiger partial charge in [-0.25, -0.2) is 0 Å². The second kappa shape index (κ2) is 12.3. The average Bonchev–Trinajstić information content (AvgIpc) is 3.06. The summed E-state index contributed by atoms with van der Waals surface area (Å²) in [6.45, 7) is 3.22. The van der Waals surface area contributed by atoms with Crippen molar-refractivity contribution in [1.29, 1.82) is 0 Å². The van der Waals surface area contributed by atoms with E-state index in [0.717, 1.165) is 16.7 Å². The second-order valence-corrected chi connectivity index (χ2v) is 8.49. The summed E-state index contributed by atoms with van der Waals surface area (Å²) < 4.78 is 16.1. The van der Waals surface area contributed by atoms with Crippen molar-refractivity contribution in [3.63, 3.8) is 0 Å². The fraction of sp³-hybridized carbons (Fsp3) is 0.250. The summed E-state index contributed by atoms with van der Waals surface area (Å²) in [7, 11) is 0. The molecular formula is C24H23ClN2O7S. The fourth-order valence-corrected chi connectivity index (χ4v) is 4.06. The molecule has 1 N–H and O–H groups in total. The third kappa shape index (κ3) is 7.24. The van der Waals surface area contributed by atoms with Crippen molar-refractivity contribution in [1.82, 2.24) is 4.90 Å². The van der Waals surface area contributed by atoms with Crippen molar-refractivity contribution >= 4 is 58.1 Å². The number of hydrogen-bond acceptors (Lipinski definition) is 8. The molecule has 3 amide bonds. The van der Waals surface area contributed by atoms with Crippen molar-refractivity contribution in [3.05, 3.63) is 58.0 Å². The molecule has 2 aromatic carbocycles. The zero-order valence-corrected chi connectivity index (χ0v) is 20.6. The summed E-state index contributed by atoms with van der Waals surface area (Å²) in [5.74, 6) is -0.920. The molecule has 1 saturated heterocycles. The number of imide groups is 1. The molecule has 184 valence electrons. The van der Waals surface area contributed by atoms with Gasteiger partial charge in [0.25, 0.3) is 17.1 Å². The Balaban J connectivity index is 1.69. The zero-order valence-electron chi connectivity index (χ0n) is 19.0. The Morgan fingerprint density at radius 3 is 2.57 bits per heavy atom. The van der Waals surface area contributed by atoms with E-state index in [1.54, 1.807) is 56.3 Å². The van der Waals surface area contributed by atoms with Gasteiger partial charge in [0.2, 0.25) is 0 Å². The molecule has 0 saturated carbocycles. The summed E-state index contributed by atoms with van der Waals surface area (Å²) in [6, 6.07) is 11.6. The van der Waals surface area contributed by atoms with Gasteiger partial charge in [0.05, 0.1) is 18.1 Å². The van der Waals surface area contributed by atoms with E-state index in [1.165, 1.54) is 6.08 Å². The Labute approximate surface area is 211 Å². The van der Waals surface area contributed by atoms with Gasteiger partial charge in [-0.05, 0) is 67.6 Å². The van der Waals surface area contributed by atoms with Crippen molar-refractivity contribution in [2.75, 3.05) is 31.7 Å². The lowest BCUT2D eigenvalue weighted by atomic mass is 10.2. The van der Waals surface area contributed by atoms with Crippen LogP contribution in [0.4, 0.5) is 10.5 Å². The van der Waals surface area contributed by atoms with Gasteiger partial charge in [-0.1, -0.05) is 23.7 Å². The van der Waals surface area contributed by atoms with Crippen molar-refractivity contribution < 1.29 is 33.4 Å². The van der Waals surface area contributed by atoms with Crippen LogP contribution in [0.2, 0.25) is 5.02 Å². The molecule has 3 rings (SSSR count). The standard InChI is InChI=1S/C24H23ClN2O7S/c1-3-32-19-10-15(11-20-23(30)27(24(31)35-20)13-22(29)33-4-2)8-9-18(19)34-14-21(28)26-17-7-5-6-16(25)12-17/h5-12H,3-4,13-14H2,1-2H3,(H,26,28)/b20-11-. The van der Waals surface area contributed by atoms with Crippen molar-refractivity contribution in [2.24, 2.45) is 0 Å². The first kappa shape index (κ1) is 26.1. The molecular weight excluding hydrogens is 496 g/mol. The van der Waals surface area contributed by atoms with E-state index >= 15 is 0 Å². The third-order valence-corrected chi connectivity index (χ3v) is 5.64. The molecule has 1 aliphatic rings. The highest BCUT2D eigenvalue weighted by Gasteiger charge is 2.36.